The molecule has 1 unspecified atom stereocenters. The fraction of sp³-hybridized carbons (Fsp3) is 0.381. The first-order valence-electron chi connectivity index (χ1n) is 8.78. The van der Waals surface area contributed by atoms with Crippen LogP contribution >= 0.6 is 0 Å². The second kappa shape index (κ2) is 7.60. The summed E-state index contributed by atoms with van der Waals surface area (Å²) in [6.07, 6.45) is 2.65. The van der Waals surface area contributed by atoms with Gasteiger partial charge in [0.25, 0.3) is 0 Å². The van der Waals surface area contributed by atoms with Crippen LogP contribution in [0, 0.1) is 0 Å². The monoisotopic (exact) mass is 339 g/mol. The molecule has 0 spiro atoms. The summed E-state index contributed by atoms with van der Waals surface area (Å²) in [5, 5.41) is 9.74. The van der Waals surface area contributed by atoms with E-state index in [1.54, 1.807) is 12.1 Å². The van der Waals surface area contributed by atoms with Crippen molar-refractivity contribution < 1.29 is 14.6 Å². The van der Waals surface area contributed by atoms with Crippen molar-refractivity contribution in [2.24, 2.45) is 0 Å². The fourth-order valence-corrected chi connectivity index (χ4v) is 3.10. The third-order valence-electron chi connectivity index (χ3n) is 4.75. The minimum atomic E-state index is 0.119. The summed E-state index contributed by atoms with van der Waals surface area (Å²) in [5.74, 6) is 0.946. The highest BCUT2D eigenvalue weighted by molar-refractivity contribution is 5.77. The van der Waals surface area contributed by atoms with Crippen molar-refractivity contribution in [3.05, 3.63) is 59.7 Å². The molecule has 2 aromatic rings. The quantitative estimate of drug-likeness (QED) is 0.827. The molecule has 0 saturated heterocycles. The average Bonchev–Trinajstić information content (AvgIpc) is 3.46. The molecule has 0 aliphatic heterocycles. The van der Waals surface area contributed by atoms with Crippen LogP contribution in [-0.2, 0) is 11.3 Å². The van der Waals surface area contributed by atoms with Crippen molar-refractivity contribution in [2.75, 3.05) is 7.11 Å². The molecule has 1 N–H and O–H groups in total. The zero-order chi connectivity index (χ0) is 17.8. The second-order valence-electron chi connectivity index (χ2n) is 6.77. The third-order valence-corrected chi connectivity index (χ3v) is 4.75. The first-order chi connectivity index (χ1) is 12.1. The van der Waals surface area contributed by atoms with E-state index in [1.807, 2.05) is 29.2 Å². The number of nitrogens with zero attached hydrogens (tertiary/aromatic N) is 1. The molecular weight excluding hydrogens is 314 g/mol. The molecule has 1 aliphatic carbocycles. The average molecular weight is 339 g/mol. The molecule has 0 bridgehead atoms. The highest BCUT2D eigenvalue weighted by Gasteiger charge is 2.33. The van der Waals surface area contributed by atoms with Crippen molar-refractivity contribution in [1.82, 2.24) is 4.90 Å². The van der Waals surface area contributed by atoms with Crippen molar-refractivity contribution in [3.8, 4) is 11.5 Å². The lowest BCUT2D eigenvalue weighted by Crippen LogP contribution is -2.33. The van der Waals surface area contributed by atoms with Gasteiger partial charge in [0.2, 0.25) is 5.91 Å². The minimum absolute atomic E-state index is 0.119. The van der Waals surface area contributed by atoms with E-state index in [1.165, 1.54) is 12.7 Å². The lowest BCUT2D eigenvalue weighted by Gasteiger charge is -2.25. The number of phenols is 1. The molecule has 1 aliphatic rings. The maximum atomic E-state index is 12.9. The van der Waals surface area contributed by atoms with Gasteiger partial charge in [-0.15, -0.1) is 0 Å². The van der Waals surface area contributed by atoms with E-state index in [0.717, 1.165) is 18.4 Å². The highest BCUT2D eigenvalue weighted by Crippen LogP contribution is 2.32. The van der Waals surface area contributed by atoms with Crippen LogP contribution in [0.25, 0.3) is 0 Å². The maximum absolute atomic E-state index is 12.9. The topological polar surface area (TPSA) is 49.8 Å². The molecule has 0 radical (unpaired) electrons. The number of hydrogen-bond donors (Lipinski definition) is 1. The lowest BCUT2D eigenvalue weighted by molar-refractivity contribution is -0.132. The van der Waals surface area contributed by atoms with Gasteiger partial charge in [-0.1, -0.05) is 43.3 Å². The Bertz CT molecular complexity index is 725. The number of carbonyl (C=O) groups is 1. The number of aromatic hydroxyl groups is 1. The van der Waals surface area contributed by atoms with E-state index in [0.29, 0.717) is 24.8 Å². The summed E-state index contributed by atoms with van der Waals surface area (Å²) < 4.78 is 5.17. The lowest BCUT2D eigenvalue weighted by atomic mass is 9.97. The van der Waals surface area contributed by atoms with Crippen LogP contribution in [0.2, 0.25) is 0 Å². The Labute approximate surface area is 149 Å². The molecule has 0 aromatic heterocycles. The van der Waals surface area contributed by atoms with E-state index >= 15 is 0 Å². The SMILES string of the molecule is COc1cc(CN(C(=O)CC(C)c2ccccc2)C2CC2)ccc1O. The predicted octanol–water partition coefficient (Wildman–Crippen LogP) is 4.09. The number of methoxy groups -OCH3 is 1. The summed E-state index contributed by atoms with van der Waals surface area (Å²) in [6.45, 7) is 2.66. The van der Waals surface area contributed by atoms with Crippen LogP contribution in [0.4, 0.5) is 0 Å². The molecule has 3 rings (SSSR count). The molecule has 2 aromatic carbocycles. The van der Waals surface area contributed by atoms with Crippen LogP contribution < -0.4 is 4.74 Å². The Hall–Kier alpha value is -2.49. The van der Waals surface area contributed by atoms with Gasteiger partial charge in [0.1, 0.15) is 0 Å². The van der Waals surface area contributed by atoms with Gasteiger partial charge in [-0.05, 0) is 42.0 Å². The maximum Gasteiger partial charge on any atom is 0.223 e. The largest absolute Gasteiger partial charge is 0.504 e. The Balaban J connectivity index is 1.69. The van der Waals surface area contributed by atoms with Crippen LogP contribution in [0.15, 0.2) is 48.5 Å². The van der Waals surface area contributed by atoms with Gasteiger partial charge in [0, 0.05) is 19.0 Å². The normalized spacial score (nSPS) is 14.8. The van der Waals surface area contributed by atoms with Crippen LogP contribution in [0.3, 0.4) is 0 Å². The van der Waals surface area contributed by atoms with Crippen molar-refractivity contribution >= 4 is 5.91 Å². The van der Waals surface area contributed by atoms with Crippen molar-refractivity contribution in [3.63, 3.8) is 0 Å². The van der Waals surface area contributed by atoms with Gasteiger partial charge in [0.05, 0.1) is 7.11 Å². The van der Waals surface area contributed by atoms with E-state index in [4.69, 9.17) is 4.74 Å². The number of benzene rings is 2. The third kappa shape index (κ3) is 4.32. The zero-order valence-corrected chi connectivity index (χ0v) is 14.8. The van der Waals surface area contributed by atoms with E-state index in [-0.39, 0.29) is 17.6 Å². The summed E-state index contributed by atoms with van der Waals surface area (Å²) in [5.41, 5.74) is 2.17. The van der Waals surface area contributed by atoms with E-state index in [2.05, 4.69) is 19.1 Å². The molecule has 1 saturated carbocycles. The molecular formula is C21H25NO3. The Morgan fingerprint density at radius 1 is 1.24 bits per heavy atom. The van der Waals surface area contributed by atoms with E-state index < -0.39 is 0 Å². The van der Waals surface area contributed by atoms with Gasteiger partial charge in [0.15, 0.2) is 11.5 Å². The molecule has 25 heavy (non-hydrogen) atoms. The molecule has 1 amide bonds. The predicted molar refractivity (Wildman–Crippen MR) is 97.7 cm³/mol. The summed E-state index contributed by atoms with van der Waals surface area (Å²) in [6, 6.07) is 15.8. The number of ether oxygens (including phenoxy) is 1. The standard InChI is InChI=1S/C21H25NO3/c1-15(17-6-4-3-5-7-17)12-21(24)22(18-9-10-18)14-16-8-11-19(23)20(13-16)25-2/h3-8,11,13,15,18,23H,9-10,12,14H2,1-2H3. The van der Waals surface area contributed by atoms with Crippen LogP contribution in [-0.4, -0.2) is 29.1 Å². The molecule has 4 nitrogen and oxygen atoms in total. The van der Waals surface area contributed by atoms with Gasteiger partial charge >= 0.3 is 0 Å². The first kappa shape index (κ1) is 17.3. The fourth-order valence-electron chi connectivity index (χ4n) is 3.10. The molecule has 4 heteroatoms. The van der Waals surface area contributed by atoms with Crippen molar-refractivity contribution in [2.45, 2.75) is 44.7 Å². The van der Waals surface area contributed by atoms with Gasteiger partial charge in [-0.2, -0.15) is 0 Å². The summed E-state index contributed by atoms with van der Waals surface area (Å²) in [4.78, 5) is 14.9. The van der Waals surface area contributed by atoms with E-state index in [9.17, 15) is 9.90 Å². The van der Waals surface area contributed by atoms with Gasteiger partial charge < -0.3 is 14.7 Å². The molecule has 132 valence electrons. The summed E-state index contributed by atoms with van der Waals surface area (Å²) in [7, 11) is 1.53. The molecule has 1 atom stereocenters. The Morgan fingerprint density at radius 2 is 1.96 bits per heavy atom. The van der Waals surface area contributed by atoms with Crippen LogP contribution in [0.1, 0.15) is 43.2 Å². The minimum Gasteiger partial charge on any atom is -0.504 e. The van der Waals surface area contributed by atoms with Gasteiger partial charge in [-0.3, -0.25) is 4.79 Å². The number of phenolic OH excluding ortho intramolecular Hbond substituents is 1. The smallest absolute Gasteiger partial charge is 0.223 e. The molecule has 1 fully saturated rings. The summed E-state index contributed by atoms with van der Waals surface area (Å²) >= 11 is 0. The number of carbonyl (C=O) groups excluding carboxylic acids is 1. The Kier molecular flexibility index (Phi) is 5.27. The first-order valence-corrected chi connectivity index (χ1v) is 8.78. The second-order valence-corrected chi connectivity index (χ2v) is 6.77. The Morgan fingerprint density at radius 3 is 2.60 bits per heavy atom. The van der Waals surface area contributed by atoms with Crippen LogP contribution in [0.5, 0.6) is 11.5 Å². The number of rotatable bonds is 7. The number of hydrogen-bond acceptors (Lipinski definition) is 3. The van der Waals surface area contributed by atoms with Crippen molar-refractivity contribution in [1.29, 1.82) is 0 Å². The number of amides is 1. The zero-order valence-electron chi connectivity index (χ0n) is 14.8. The highest BCUT2D eigenvalue weighted by atomic mass is 16.5. The molecule has 0 heterocycles. The van der Waals surface area contributed by atoms with Gasteiger partial charge in [-0.25, -0.2) is 0 Å².